The molecule has 0 saturated heterocycles. The van der Waals surface area contributed by atoms with E-state index in [4.69, 9.17) is 4.74 Å². The van der Waals surface area contributed by atoms with Gasteiger partial charge in [-0.15, -0.1) is 0 Å². The van der Waals surface area contributed by atoms with Crippen molar-refractivity contribution in [3.05, 3.63) is 23.3 Å². The number of methoxy groups -OCH3 is 1. The molecule has 0 saturated carbocycles. The fourth-order valence-electron chi connectivity index (χ4n) is 1.13. The number of hydrogen-bond acceptors (Lipinski definition) is 4. The number of carbonyl (C=O) groups is 1. The first-order chi connectivity index (χ1) is 6.56. The molecule has 0 bridgehead atoms. The lowest BCUT2D eigenvalue weighted by Gasteiger charge is -2.09. The van der Waals surface area contributed by atoms with Crippen LogP contribution in [0.25, 0.3) is 0 Å². The van der Waals surface area contributed by atoms with Gasteiger partial charge in [0.1, 0.15) is 6.10 Å². The number of rotatable bonds is 3. The Bertz CT molecular complexity index is 350. The minimum Gasteiger partial charge on any atom is -0.374 e. The third kappa shape index (κ3) is 2.14. The van der Waals surface area contributed by atoms with Crippen molar-refractivity contribution < 1.29 is 9.53 Å². The van der Waals surface area contributed by atoms with Gasteiger partial charge in [0.25, 0.3) is 0 Å². The zero-order valence-corrected chi connectivity index (χ0v) is 8.87. The number of nitrogens with zero attached hydrogens (tertiary/aromatic N) is 2. The summed E-state index contributed by atoms with van der Waals surface area (Å²) in [5, 5.41) is 0. The maximum absolute atomic E-state index is 11.1. The van der Waals surface area contributed by atoms with E-state index >= 15 is 0 Å². The molecule has 4 heteroatoms. The summed E-state index contributed by atoms with van der Waals surface area (Å²) >= 11 is 0. The molecule has 0 radical (unpaired) electrons. The highest BCUT2D eigenvalue weighted by Gasteiger charge is 2.11. The first kappa shape index (κ1) is 10.8. The summed E-state index contributed by atoms with van der Waals surface area (Å²) in [5.74, 6) is 0.592. The molecule has 0 aliphatic rings. The van der Waals surface area contributed by atoms with Crippen molar-refractivity contribution in [3.63, 3.8) is 0 Å². The Balaban J connectivity index is 3.06. The van der Waals surface area contributed by atoms with Crippen molar-refractivity contribution in [1.29, 1.82) is 0 Å². The lowest BCUT2D eigenvalue weighted by Crippen LogP contribution is -2.07. The van der Waals surface area contributed by atoms with Crippen LogP contribution in [0.15, 0.2) is 6.20 Å². The van der Waals surface area contributed by atoms with Crippen LogP contribution in [0, 0.1) is 6.92 Å². The van der Waals surface area contributed by atoms with E-state index in [2.05, 4.69) is 9.97 Å². The number of aromatic nitrogens is 2. The van der Waals surface area contributed by atoms with Crippen LogP contribution in [0.3, 0.4) is 0 Å². The molecule has 0 aliphatic carbocycles. The van der Waals surface area contributed by atoms with Crippen molar-refractivity contribution in [3.8, 4) is 0 Å². The molecule has 0 aromatic carbocycles. The first-order valence-electron chi connectivity index (χ1n) is 4.43. The third-order valence-corrected chi connectivity index (χ3v) is 2.09. The minimum absolute atomic E-state index is 0.0147. The highest BCUT2D eigenvalue weighted by atomic mass is 16.5. The van der Waals surface area contributed by atoms with Gasteiger partial charge in [0, 0.05) is 13.3 Å². The standard InChI is InChI=1S/C10H14N2O2/c1-6-9(7(2)13)5-11-10(12-6)8(3)14-4/h5,8H,1-4H3. The second-order valence-corrected chi connectivity index (χ2v) is 3.16. The summed E-state index contributed by atoms with van der Waals surface area (Å²) in [6.07, 6.45) is 1.41. The summed E-state index contributed by atoms with van der Waals surface area (Å²) in [6, 6.07) is 0. The van der Waals surface area contributed by atoms with E-state index in [0.29, 0.717) is 17.1 Å². The van der Waals surface area contributed by atoms with Crippen LogP contribution in [-0.2, 0) is 4.74 Å². The van der Waals surface area contributed by atoms with Gasteiger partial charge in [0.15, 0.2) is 11.6 Å². The number of aryl methyl sites for hydroxylation is 1. The van der Waals surface area contributed by atoms with Gasteiger partial charge in [-0.1, -0.05) is 0 Å². The fourth-order valence-corrected chi connectivity index (χ4v) is 1.13. The van der Waals surface area contributed by atoms with Crippen molar-refractivity contribution in [2.75, 3.05) is 7.11 Å². The van der Waals surface area contributed by atoms with Gasteiger partial charge < -0.3 is 4.74 Å². The summed E-state index contributed by atoms with van der Waals surface area (Å²) in [6.45, 7) is 5.16. The van der Waals surface area contributed by atoms with Gasteiger partial charge in [0.05, 0.1) is 11.3 Å². The quantitative estimate of drug-likeness (QED) is 0.687. The zero-order valence-electron chi connectivity index (χ0n) is 8.87. The first-order valence-corrected chi connectivity index (χ1v) is 4.43. The summed E-state index contributed by atoms with van der Waals surface area (Å²) in [7, 11) is 1.60. The molecule has 0 aliphatic heterocycles. The number of ketones is 1. The molecule has 1 heterocycles. The second-order valence-electron chi connectivity index (χ2n) is 3.16. The highest BCUT2D eigenvalue weighted by molar-refractivity contribution is 5.94. The fraction of sp³-hybridized carbons (Fsp3) is 0.500. The summed E-state index contributed by atoms with van der Waals surface area (Å²) < 4.78 is 5.08. The molecule has 14 heavy (non-hydrogen) atoms. The normalized spacial score (nSPS) is 12.6. The highest BCUT2D eigenvalue weighted by Crippen LogP contribution is 2.12. The maximum atomic E-state index is 11.1. The molecular weight excluding hydrogens is 180 g/mol. The average Bonchev–Trinajstić information content (AvgIpc) is 2.15. The van der Waals surface area contributed by atoms with Crippen molar-refractivity contribution in [2.45, 2.75) is 26.9 Å². The molecule has 0 spiro atoms. The van der Waals surface area contributed by atoms with Gasteiger partial charge in [-0.25, -0.2) is 9.97 Å². The van der Waals surface area contributed by atoms with E-state index in [-0.39, 0.29) is 11.9 Å². The second kappa shape index (κ2) is 4.28. The molecule has 0 N–H and O–H groups in total. The van der Waals surface area contributed by atoms with E-state index in [1.165, 1.54) is 6.92 Å². The summed E-state index contributed by atoms with van der Waals surface area (Å²) in [5.41, 5.74) is 1.27. The molecule has 1 aromatic rings. The molecule has 4 nitrogen and oxygen atoms in total. The Kier molecular flexibility index (Phi) is 3.30. The van der Waals surface area contributed by atoms with Crippen molar-refractivity contribution in [2.24, 2.45) is 0 Å². The molecule has 1 rings (SSSR count). The number of carbonyl (C=O) groups excluding carboxylic acids is 1. The van der Waals surface area contributed by atoms with Gasteiger partial charge in [0.2, 0.25) is 0 Å². The average molecular weight is 194 g/mol. The number of hydrogen-bond donors (Lipinski definition) is 0. The number of ether oxygens (including phenoxy) is 1. The lowest BCUT2D eigenvalue weighted by molar-refractivity contribution is 0.101. The SMILES string of the molecule is COC(C)c1ncc(C(C)=O)c(C)n1. The van der Waals surface area contributed by atoms with Crippen LogP contribution in [0.2, 0.25) is 0 Å². The Labute approximate surface area is 83.3 Å². The van der Waals surface area contributed by atoms with Gasteiger partial charge >= 0.3 is 0 Å². The molecule has 1 atom stereocenters. The Hall–Kier alpha value is -1.29. The van der Waals surface area contributed by atoms with E-state index in [1.54, 1.807) is 20.2 Å². The van der Waals surface area contributed by atoms with Crippen LogP contribution in [0.4, 0.5) is 0 Å². The van der Waals surface area contributed by atoms with Crippen molar-refractivity contribution in [1.82, 2.24) is 9.97 Å². The third-order valence-electron chi connectivity index (χ3n) is 2.09. The number of Topliss-reactive ketones (excluding diaryl/α,β-unsaturated/α-hetero) is 1. The van der Waals surface area contributed by atoms with E-state index in [0.717, 1.165) is 0 Å². The molecule has 1 unspecified atom stereocenters. The molecule has 0 amide bonds. The van der Waals surface area contributed by atoms with Crippen LogP contribution < -0.4 is 0 Å². The summed E-state index contributed by atoms with van der Waals surface area (Å²) in [4.78, 5) is 19.4. The molecule has 0 fully saturated rings. The largest absolute Gasteiger partial charge is 0.374 e. The Morgan fingerprint density at radius 1 is 1.57 bits per heavy atom. The zero-order chi connectivity index (χ0) is 10.7. The smallest absolute Gasteiger partial charge is 0.163 e. The van der Waals surface area contributed by atoms with Gasteiger partial charge in [-0.3, -0.25) is 4.79 Å². The van der Waals surface area contributed by atoms with Crippen LogP contribution in [-0.4, -0.2) is 22.9 Å². The van der Waals surface area contributed by atoms with E-state index < -0.39 is 0 Å². The predicted molar refractivity (Wildman–Crippen MR) is 52.2 cm³/mol. The maximum Gasteiger partial charge on any atom is 0.163 e. The molecular formula is C10H14N2O2. The van der Waals surface area contributed by atoms with E-state index in [1.807, 2.05) is 6.92 Å². The topological polar surface area (TPSA) is 52.1 Å². The monoisotopic (exact) mass is 194 g/mol. The van der Waals surface area contributed by atoms with Crippen LogP contribution in [0.5, 0.6) is 0 Å². The Morgan fingerprint density at radius 3 is 2.64 bits per heavy atom. The molecule has 1 aromatic heterocycles. The predicted octanol–water partition coefficient (Wildman–Crippen LogP) is 1.70. The minimum atomic E-state index is -0.144. The van der Waals surface area contributed by atoms with Crippen molar-refractivity contribution >= 4 is 5.78 Å². The van der Waals surface area contributed by atoms with Gasteiger partial charge in [-0.05, 0) is 20.8 Å². The molecule has 76 valence electrons. The lowest BCUT2D eigenvalue weighted by atomic mass is 10.2. The van der Waals surface area contributed by atoms with Gasteiger partial charge in [-0.2, -0.15) is 0 Å². The Morgan fingerprint density at radius 2 is 2.21 bits per heavy atom. The van der Waals surface area contributed by atoms with Crippen LogP contribution in [0.1, 0.15) is 41.8 Å². The van der Waals surface area contributed by atoms with E-state index in [9.17, 15) is 4.79 Å². The van der Waals surface area contributed by atoms with Crippen LogP contribution >= 0.6 is 0 Å².